The minimum absolute atomic E-state index is 0.301. The molecule has 0 atom stereocenters. The molecule has 0 bridgehead atoms. The Hall–Kier alpha value is -2.06. The first kappa shape index (κ1) is 21.0. The zero-order valence-corrected chi connectivity index (χ0v) is 16.1. The first-order valence-electron chi connectivity index (χ1n) is 7.52. The van der Waals surface area contributed by atoms with Gasteiger partial charge in [-0.2, -0.15) is 0 Å². The number of rotatable bonds is 5. The Morgan fingerprint density at radius 2 is 1.84 bits per heavy atom. The molecule has 0 aromatic heterocycles. The SMILES string of the molecule is COC(=O)c1ccc(Cl)c(NC(=S)NCCNC(=O)OC(C)(C)C)c1. The van der Waals surface area contributed by atoms with Crippen molar-refractivity contribution in [3.05, 3.63) is 28.8 Å². The summed E-state index contributed by atoms with van der Waals surface area (Å²) < 4.78 is 9.78. The van der Waals surface area contributed by atoms with Crippen molar-refractivity contribution < 1.29 is 19.1 Å². The van der Waals surface area contributed by atoms with Gasteiger partial charge in [0.05, 0.1) is 23.4 Å². The van der Waals surface area contributed by atoms with E-state index in [1.54, 1.807) is 39.0 Å². The smallest absolute Gasteiger partial charge is 0.407 e. The van der Waals surface area contributed by atoms with Crippen LogP contribution in [0.15, 0.2) is 18.2 Å². The van der Waals surface area contributed by atoms with Crippen LogP contribution in [0.5, 0.6) is 0 Å². The number of benzene rings is 1. The van der Waals surface area contributed by atoms with E-state index in [0.717, 1.165) is 0 Å². The molecule has 0 saturated heterocycles. The summed E-state index contributed by atoms with van der Waals surface area (Å²) in [5.41, 5.74) is 0.279. The second-order valence-electron chi connectivity index (χ2n) is 6.00. The number of carbonyl (C=O) groups excluding carboxylic acids is 2. The van der Waals surface area contributed by atoms with Gasteiger partial charge in [0, 0.05) is 13.1 Å². The fourth-order valence-corrected chi connectivity index (χ4v) is 2.06. The van der Waals surface area contributed by atoms with Crippen LogP contribution >= 0.6 is 23.8 Å². The molecule has 3 N–H and O–H groups in total. The average Bonchev–Trinajstić information content (AvgIpc) is 2.51. The summed E-state index contributed by atoms with van der Waals surface area (Å²) in [6.45, 7) is 6.08. The minimum Gasteiger partial charge on any atom is -0.465 e. The Balaban J connectivity index is 2.45. The lowest BCUT2D eigenvalue weighted by molar-refractivity contribution is 0.0527. The average molecular weight is 388 g/mol. The van der Waals surface area contributed by atoms with Crippen molar-refractivity contribution in [2.45, 2.75) is 26.4 Å². The number of methoxy groups -OCH3 is 1. The molecule has 7 nitrogen and oxygen atoms in total. The second-order valence-corrected chi connectivity index (χ2v) is 6.81. The Labute approximate surface area is 157 Å². The van der Waals surface area contributed by atoms with E-state index in [2.05, 4.69) is 20.7 Å². The molecule has 0 radical (unpaired) electrons. The van der Waals surface area contributed by atoms with Crippen LogP contribution in [0.25, 0.3) is 0 Å². The molecule has 0 unspecified atom stereocenters. The Bertz CT molecular complexity index is 647. The topological polar surface area (TPSA) is 88.7 Å². The number of hydrogen-bond acceptors (Lipinski definition) is 5. The van der Waals surface area contributed by atoms with Gasteiger partial charge in [0.15, 0.2) is 5.11 Å². The van der Waals surface area contributed by atoms with Crippen LogP contribution in [-0.2, 0) is 9.47 Å². The minimum atomic E-state index is -0.546. The molecule has 1 rings (SSSR count). The molecule has 1 aromatic carbocycles. The van der Waals surface area contributed by atoms with Gasteiger partial charge in [0.25, 0.3) is 0 Å². The van der Waals surface area contributed by atoms with Crippen LogP contribution in [0, 0.1) is 0 Å². The number of alkyl carbamates (subject to hydrolysis) is 1. The Morgan fingerprint density at radius 3 is 2.44 bits per heavy atom. The predicted molar refractivity (Wildman–Crippen MR) is 101 cm³/mol. The highest BCUT2D eigenvalue weighted by atomic mass is 35.5. The summed E-state index contributed by atoms with van der Waals surface area (Å²) in [4.78, 5) is 23.0. The fraction of sp³-hybridized carbons (Fsp3) is 0.438. The van der Waals surface area contributed by atoms with Crippen molar-refractivity contribution in [3.8, 4) is 0 Å². The second kappa shape index (κ2) is 9.43. The molecule has 0 spiro atoms. The lowest BCUT2D eigenvalue weighted by atomic mass is 10.2. The summed E-state index contributed by atoms with van der Waals surface area (Å²) in [5.74, 6) is -0.472. The van der Waals surface area contributed by atoms with Crippen molar-refractivity contribution in [2.75, 3.05) is 25.5 Å². The van der Waals surface area contributed by atoms with E-state index in [0.29, 0.717) is 34.5 Å². The summed E-state index contributed by atoms with van der Waals surface area (Å²) in [6.07, 6.45) is -0.498. The van der Waals surface area contributed by atoms with E-state index in [-0.39, 0.29) is 0 Å². The van der Waals surface area contributed by atoms with E-state index in [9.17, 15) is 9.59 Å². The van der Waals surface area contributed by atoms with Gasteiger partial charge in [-0.05, 0) is 51.2 Å². The summed E-state index contributed by atoms with van der Waals surface area (Å²) in [7, 11) is 1.30. The van der Waals surface area contributed by atoms with Gasteiger partial charge < -0.3 is 25.4 Å². The van der Waals surface area contributed by atoms with Gasteiger partial charge in [0.2, 0.25) is 0 Å². The maximum absolute atomic E-state index is 11.5. The lowest BCUT2D eigenvalue weighted by Crippen LogP contribution is -2.39. The number of nitrogens with one attached hydrogen (secondary N) is 3. The molecular formula is C16H22ClN3O4S. The third kappa shape index (κ3) is 8.04. The Morgan fingerprint density at radius 1 is 1.20 bits per heavy atom. The molecule has 9 heteroatoms. The lowest BCUT2D eigenvalue weighted by Gasteiger charge is -2.19. The summed E-state index contributed by atoms with van der Waals surface area (Å²) >= 11 is 11.2. The van der Waals surface area contributed by atoms with Gasteiger partial charge >= 0.3 is 12.1 Å². The highest BCUT2D eigenvalue weighted by Gasteiger charge is 2.15. The van der Waals surface area contributed by atoms with E-state index in [1.807, 2.05) is 0 Å². The van der Waals surface area contributed by atoms with Crippen molar-refractivity contribution in [1.29, 1.82) is 0 Å². The molecule has 25 heavy (non-hydrogen) atoms. The zero-order valence-electron chi connectivity index (χ0n) is 14.6. The van der Waals surface area contributed by atoms with Gasteiger partial charge in [0.1, 0.15) is 5.60 Å². The molecular weight excluding hydrogens is 366 g/mol. The van der Waals surface area contributed by atoms with Gasteiger partial charge in [-0.3, -0.25) is 0 Å². The normalized spacial score (nSPS) is 10.6. The first-order chi connectivity index (χ1) is 11.6. The number of hydrogen-bond donors (Lipinski definition) is 3. The Kier molecular flexibility index (Phi) is 7.92. The van der Waals surface area contributed by atoms with Crippen molar-refractivity contribution in [3.63, 3.8) is 0 Å². The standard InChI is InChI=1S/C16H22ClN3O4S/c1-16(2,3)24-15(22)19-8-7-18-14(25)20-12-9-10(13(21)23-4)5-6-11(12)17/h5-6,9H,7-8H2,1-4H3,(H,19,22)(H2,18,20,25). The van der Waals surface area contributed by atoms with Crippen LogP contribution in [0.1, 0.15) is 31.1 Å². The number of thiocarbonyl (C=S) groups is 1. The van der Waals surface area contributed by atoms with Crippen LogP contribution in [0.2, 0.25) is 5.02 Å². The predicted octanol–water partition coefficient (Wildman–Crippen LogP) is 2.94. The molecule has 0 aliphatic carbocycles. The fourth-order valence-electron chi connectivity index (χ4n) is 1.69. The van der Waals surface area contributed by atoms with Gasteiger partial charge in [-0.25, -0.2) is 9.59 Å². The maximum Gasteiger partial charge on any atom is 0.407 e. The number of carbonyl (C=O) groups is 2. The molecule has 0 heterocycles. The largest absolute Gasteiger partial charge is 0.465 e. The van der Waals surface area contributed by atoms with Crippen LogP contribution in [-0.4, -0.2) is 43.0 Å². The first-order valence-corrected chi connectivity index (χ1v) is 8.30. The third-order valence-corrected chi connectivity index (χ3v) is 3.29. The third-order valence-electron chi connectivity index (χ3n) is 2.71. The molecule has 0 aliphatic rings. The van der Waals surface area contributed by atoms with E-state index in [4.69, 9.17) is 28.6 Å². The van der Waals surface area contributed by atoms with E-state index in [1.165, 1.54) is 7.11 Å². The van der Waals surface area contributed by atoms with Crippen molar-refractivity contribution >= 4 is 46.7 Å². The number of ether oxygens (including phenoxy) is 2. The number of esters is 1. The monoisotopic (exact) mass is 387 g/mol. The van der Waals surface area contributed by atoms with E-state index >= 15 is 0 Å². The molecule has 1 aromatic rings. The highest BCUT2D eigenvalue weighted by Crippen LogP contribution is 2.23. The maximum atomic E-state index is 11.5. The quantitative estimate of drug-likeness (QED) is 0.406. The summed E-state index contributed by atoms with van der Waals surface area (Å²) in [5, 5.41) is 9.12. The van der Waals surface area contributed by atoms with Gasteiger partial charge in [-0.1, -0.05) is 11.6 Å². The molecule has 1 amide bonds. The summed E-state index contributed by atoms with van der Waals surface area (Å²) in [6, 6.07) is 4.67. The molecule has 0 fully saturated rings. The number of amides is 1. The highest BCUT2D eigenvalue weighted by molar-refractivity contribution is 7.80. The molecule has 0 aliphatic heterocycles. The molecule has 138 valence electrons. The number of anilines is 1. The van der Waals surface area contributed by atoms with Crippen LogP contribution in [0.3, 0.4) is 0 Å². The number of halogens is 1. The van der Waals surface area contributed by atoms with Crippen molar-refractivity contribution in [1.82, 2.24) is 10.6 Å². The van der Waals surface area contributed by atoms with Crippen LogP contribution < -0.4 is 16.0 Å². The van der Waals surface area contributed by atoms with E-state index < -0.39 is 17.7 Å². The zero-order chi connectivity index (χ0) is 19.0. The van der Waals surface area contributed by atoms with Crippen molar-refractivity contribution in [2.24, 2.45) is 0 Å². The van der Waals surface area contributed by atoms with Gasteiger partial charge in [-0.15, -0.1) is 0 Å². The van der Waals surface area contributed by atoms with Crippen LogP contribution in [0.4, 0.5) is 10.5 Å². The molecule has 0 saturated carbocycles.